The summed E-state index contributed by atoms with van der Waals surface area (Å²) in [5, 5.41) is 22.9. The lowest BCUT2D eigenvalue weighted by atomic mass is 9.87. The van der Waals surface area contributed by atoms with E-state index < -0.39 is 0 Å². The smallest absolute Gasteiger partial charge is 0.214 e. The molecule has 0 spiro atoms. The van der Waals surface area contributed by atoms with Crippen molar-refractivity contribution in [1.82, 2.24) is 20.2 Å². The Bertz CT molecular complexity index is 584. The highest BCUT2D eigenvalue weighted by Gasteiger charge is 2.26. The van der Waals surface area contributed by atoms with Crippen LogP contribution in [0.15, 0.2) is 29.4 Å². The van der Waals surface area contributed by atoms with E-state index in [1.54, 1.807) is 28.6 Å². The predicted octanol–water partition coefficient (Wildman–Crippen LogP) is 3.43. The third kappa shape index (κ3) is 3.20. The van der Waals surface area contributed by atoms with Crippen molar-refractivity contribution in [3.8, 4) is 11.4 Å². The quantitative estimate of drug-likeness (QED) is 0.937. The van der Waals surface area contributed by atoms with Crippen LogP contribution in [-0.4, -0.2) is 30.6 Å². The number of phenolic OH excluding ortho intramolecular Hbond substituents is 1. The average Bonchev–Trinajstić information content (AvgIpc) is 2.97. The number of aromatic nitrogens is 4. The number of rotatable bonds is 4. The molecule has 0 amide bonds. The molecular weight excluding hydrogens is 284 g/mol. The van der Waals surface area contributed by atoms with Crippen LogP contribution < -0.4 is 0 Å². The molecule has 2 aromatic rings. The first-order chi connectivity index (χ1) is 10.3. The standard InChI is InChI=1S/C15H20N4OS/c1-2-11-5-3-4-6-14(11)21-15-16-17-18-19(15)12-7-9-13(20)10-8-12/h7-11,14,20H,2-6H2,1H3. The molecule has 1 aliphatic carbocycles. The minimum Gasteiger partial charge on any atom is -0.508 e. The maximum absolute atomic E-state index is 9.39. The van der Waals surface area contributed by atoms with Gasteiger partial charge in [-0.05, 0) is 53.5 Å². The van der Waals surface area contributed by atoms with Crippen molar-refractivity contribution in [3.63, 3.8) is 0 Å². The van der Waals surface area contributed by atoms with Crippen LogP contribution in [0.5, 0.6) is 5.75 Å². The molecule has 2 atom stereocenters. The maximum atomic E-state index is 9.39. The lowest BCUT2D eigenvalue weighted by Crippen LogP contribution is -2.21. The van der Waals surface area contributed by atoms with Crippen molar-refractivity contribution in [2.24, 2.45) is 5.92 Å². The van der Waals surface area contributed by atoms with E-state index in [1.807, 2.05) is 12.1 Å². The molecule has 0 aliphatic heterocycles. The number of hydrogen-bond donors (Lipinski definition) is 1. The van der Waals surface area contributed by atoms with Crippen molar-refractivity contribution in [3.05, 3.63) is 24.3 Å². The fourth-order valence-corrected chi connectivity index (χ4v) is 4.34. The summed E-state index contributed by atoms with van der Waals surface area (Å²) in [4.78, 5) is 0. The Labute approximate surface area is 128 Å². The Kier molecular flexibility index (Phi) is 4.43. The van der Waals surface area contributed by atoms with Gasteiger partial charge in [0.25, 0.3) is 0 Å². The Morgan fingerprint density at radius 2 is 2.00 bits per heavy atom. The molecular formula is C15H20N4OS. The summed E-state index contributed by atoms with van der Waals surface area (Å²) in [6, 6.07) is 6.96. The largest absolute Gasteiger partial charge is 0.508 e. The van der Waals surface area contributed by atoms with Gasteiger partial charge in [0.15, 0.2) is 0 Å². The normalized spacial score (nSPS) is 22.3. The van der Waals surface area contributed by atoms with Crippen LogP contribution in [0.1, 0.15) is 39.0 Å². The van der Waals surface area contributed by atoms with Gasteiger partial charge in [0.2, 0.25) is 5.16 Å². The topological polar surface area (TPSA) is 63.8 Å². The fourth-order valence-electron chi connectivity index (χ4n) is 2.94. The van der Waals surface area contributed by atoms with E-state index in [-0.39, 0.29) is 5.75 Å². The summed E-state index contributed by atoms with van der Waals surface area (Å²) in [5.41, 5.74) is 0.879. The molecule has 1 aromatic heterocycles. The van der Waals surface area contributed by atoms with Gasteiger partial charge >= 0.3 is 0 Å². The van der Waals surface area contributed by atoms with Gasteiger partial charge in [-0.1, -0.05) is 37.9 Å². The molecule has 1 aromatic carbocycles. The minimum atomic E-state index is 0.249. The first kappa shape index (κ1) is 14.4. The minimum absolute atomic E-state index is 0.249. The van der Waals surface area contributed by atoms with Crippen molar-refractivity contribution < 1.29 is 5.11 Å². The van der Waals surface area contributed by atoms with Crippen LogP contribution in [0.4, 0.5) is 0 Å². The SMILES string of the molecule is CCC1CCCCC1Sc1nnnn1-c1ccc(O)cc1. The Balaban J connectivity index is 1.80. The van der Waals surface area contributed by atoms with Gasteiger partial charge in [-0.25, -0.2) is 0 Å². The van der Waals surface area contributed by atoms with Gasteiger partial charge in [-0.15, -0.1) is 5.10 Å². The summed E-state index contributed by atoms with van der Waals surface area (Å²) in [6.45, 7) is 2.27. The molecule has 0 radical (unpaired) electrons. The monoisotopic (exact) mass is 304 g/mol. The maximum Gasteiger partial charge on any atom is 0.214 e. The lowest BCUT2D eigenvalue weighted by Gasteiger charge is -2.29. The van der Waals surface area contributed by atoms with Crippen LogP contribution in [-0.2, 0) is 0 Å². The van der Waals surface area contributed by atoms with E-state index in [9.17, 15) is 5.11 Å². The molecule has 112 valence electrons. The van der Waals surface area contributed by atoms with Crippen LogP contribution in [0.25, 0.3) is 5.69 Å². The fraction of sp³-hybridized carbons (Fsp3) is 0.533. The summed E-state index contributed by atoms with van der Waals surface area (Å²) in [7, 11) is 0. The molecule has 1 heterocycles. The highest BCUT2D eigenvalue weighted by atomic mass is 32.2. The zero-order valence-corrected chi connectivity index (χ0v) is 13.0. The molecule has 21 heavy (non-hydrogen) atoms. The van der Waals surface area contributed by atoms with E-state index in [0.29, 0.717) is 5.25 Å². The second kappa shape index (κ2) is 6.47. The number of nitrogens with zero attached hydrogens (tertiary/aromatic N) is 4. The van der Waals surface area contributed by atoms with Crippen LogP contribution in [0.2, 0.25) is 0 Å². The van der Waals surface area contributed by atoms with Crippen molar-refractivity contribution >= 4 is 11.8 Å². The predicted molar refractivity (Wildman–Crippen MR) is 82.7 cm³/mol. The number of hydrogen-bond acceptors (Lipinski definition) is 5. The highest BCUT2D eigenvalue weighted by Crippen LogP contribution is 2.38. The molecule has 2 unspecified atom stereocenters. The highest BCUT2D eigenvalue weighted by molar-refractivity contribution is 7.99. The second-order valence-corrected chi connectivity index (χ2v) is 6.71. The van der Waals surface area contributed by atoms with Crippen molar-refractivity contribution in [1.29, 1.82) is 0 Å². The zero-order chi connectivity index (χ0) is 14.7. The van der Waals surface area contributed by atoms with E-state index in [2.05, 4.69) is 22.4 Å². The molecule has 0 bridgehead atoms. The van der Waals surface area contributed by atoms with Gasteiger partial charge in [-0.3, -0.25) is 0 Å². The zero-order valence-electron chi connectivity index (χ0n) is 12.1. The molecule has 1 fully saturated rings. The average molecular weight is 304 g/mol. The summed E-state index contributed by atoms with van der Waals surface area (Å²) < 4.78 is 1.76. The molecule has 1 N–H and O–H groups in total. The number of aromatic hydroxyl groups is 1. The van der Waals surface area contributed by atoms with Gasteiger partial charge in [0.05, 0.1) is 5.69 Å². The molecule has 3 rings (SSSR count). The van der Waals surface area contributed by atoms with Gasteiger partial charge in [0, 0.05) is 5.25 Å². The van der Waals surface area contributed by atoms with E-state index in [0.717, 1.165) is 16.8 Å². The third-order valence-corrected chi connectivity index (χ3v) is 5.54. The van der Waals surface area contributed by atoms with E-state index in [4.69, 9.17) is 0 Å². The Hall–Kier alpha value is -1.56. The molecule has 1 aliphatic rings. The van der Waals surface area contributed by atoms with E-state index in [1.165, 1.54) is 32.1 Å². The molecule has 1 saturated carbocycles. The summed E-state index contributed by atoms with van der Waals surface area (Å²) in [6.07, 6.45) is 6.42. The number of tetrazole rings is 1. The van der Waals surface area contributed by atoms with Crippen molar-refractivity contribution in [2.45, 2.75) is 49.4 Å². The third-order valence-electron chi connectivity index (χ3n) is 4.16. The second-order valence-electron chi connectivity index (χ2n) is 5.50. The van der Waals surface area contributed by atoms with E-state index >= 15 is 0 Å². The molecule has 0 saturated heterocycles. The number of benzene rings is 1. The van der Waals surface area contributed by atoms with Gasteiger partial charge in [0.1, 0.15) is 5.75 Å². The molecule has 5 nitrogen and oxygen atoms in total. The summed E-state index contributed by atoms with van der Waals surface area (Å²) >= 11 is 1.79. The Morgan fingerprint density at radius 3 is 2.76 bits per heavy atom. The molecule has 6 heteroatoms. The number of phenols is 1. The first-order valence-corrected chi connectivity index (χ1v) is 8.40. The van der Waals surface area contributed by atoms with Crippen LogP contribution in [0.3, 0.4) is 0 Å². The first-order valence-electron chi connectivity index (χ1n) is 7.52. The lowest BCUT2D eigenvalue weighted by molar-refractivity contribution is 0.361. The number of thioether (sulfide) groups is 1. The Morgan fingerprint density at radius 1 is 1.24 bits per heavy atom. The van der Waals surface area contributed by atoms with Crippen LogP contribution >= 0.6 is 11.8 Å². The van der Waals surface area contributed by atoms with Crippen molar-refractivity contribution in [2.75, 3.05) is 0 Å². The van der Waals surface area contributed by atoms with Gasteiger partial charge < -0.3 is 5.11 Å². The van der Waals surface area contributed by atoms with Crippen LogP contribution in [0, 0.1) is 5.92 Å². The van der Waals surface area contributed by atoms with Gasteiger partial charge in [-0.2, -0.15) is 4.68 Å². The summed E-state index contributed by atoms with van der Waals surface area (Å²) in [5.74, 6) is 1.01.